The average Bonchev–Trinajstić information content (AvgIpc) is 3.15. The van der Waals surface area contributed by atoms with E-state index in [1.807, 2.05) is 60.8 Å². The Balaban J connectivity index is 2.03. The molecule has 1 heterocycles. The fourth-order valence-electron chi connectivity index (χ4n) is 2.72. The molecule has 1 aromatic heterocycles. The first-order chi connectivity index (χ1) is 14.0. The first-order valence-electron chi connectivity index (χ1n) is 9.28. The summed E-state index contributed by atoms with van der Waals surface area (Å²) in [6, 6.07) is 19.6. The topological polar surface area (TPSA) is 76.9 Å². The Morgan fingerprint density at radius 3 is 2.48 bits per heavy atom. The molecule has 0 spiro atoms. The Morgan fingerprint density at radius 2 is 1.90 bits per heavy atom. The number of ether oxygens (including phenoxy) is 1. The third-order valence-electron chi connectivity index (χ3n) is 4.16. The molecular formula is C23H22N4OS. The number of hydrogen-bond acceptors (Lipinski definition) is 4. The van der Waals surface area contributed by atoms with Crippen molar-refractivity contribution >= 4 is 23.3 Å². The standard InChI is InChI=1S/C23H22N4OS/c1-16(2)15-28-21-10-8-17(9-11-21)22-19(12-18(13-24)23(25)29)14-27(26-22)20-6-4-3-5-7-20/h3-12,14,16H,15H2,1-2H3,(H2,25,29). The summed E-state index contributed by atoms with van der Waals surface area (Å²) in [5, 5.41) is 14.1. The summed E-state index contributed by atoms with van der Waals surface area (Å²) in [6.45, 7) is 4.88. The van der Waals surface area contributed by atoms with Gasteiger partial charge in [0.05, 0.1) is 23.6 Å². The normalized spacial score (nSPS) is 11.3. The third-order valence-corrected chi connectivity index (χ3v) is 4.38. The van der Waals surface area contributed by atoms with Crippen molar-refractivity contribution in [2.45, 2.75) is 13.8 Å². The summed E-state index contributed by atoms with van der Waals surface area (Å²) in [4.78, 5) is 0.0587. The third kappa shape index (κ3) is 5.09. The molecule has 0 saturated heterocycles. The quantitative estimate of drug-likeness (QED) is 0.350. The van der Waals surface area contributed by atoms with Gasteiger partial charge in [-0.15, -0.1) is 0 Å². The molecule has 0 atom stereocenters. The molecule has 0 aliphatic carbocycles. The van der Waals surface area contributed by atoms with Crippen LogP contribution in [0.1, 0.15) is 19.4 Å². The highest BCUT2D eigenvalue weighted by atomic mass is 32.1. The van der Waals surface area contributed by atoms with Crippen molar-refractivity contribution < 1.29 is 4.74 Å². The van der Waals surface area contributed by atoms with Crippen LogP contribution in [0.2, 0.25) is 0 Å². The maximum Gasteiger partial charge on any atom is 0.119 e. The number of rotatable bonds is 7. The van der Waals surface area contributed by atoms with E-state index < -0.39 is 0 Å². The van der Waals surface area contributed by atoms with Crippen molar-refractivity contribution in [3.05, 3.63) is 71.9 Å². The molecule has 2 aromatic carbocycles. The highest BCUT2D eigenvalue weighted by Crippen LogP contribution is 2.27. The molecular weight excluding hydrogens is 380 g/mol. The lowest BCUT2D eigenvalue weighted by Crippen LogP contribution is -2.09. The first-order valence-corrected chi connectivity index (χ1v) is 9.68. The van der Waals surface area contributed by atoms with Crippen LogP contribution in [0.4, 0.5) is 0 Å². The fourth-order valence-corrected chi connectivity index (χ4v) is 2.82. The molecule has 0 saturated carbocycles. The Kier molecular flexibility index (Phi) is 6.43. The molecule has 0 radical (unpaired) electrons. The molecule has 3 rings (SSSR count). The van der Waals surface area contributed by atoms with E-state index in [1.54, 1.807) is 10.8 Å². The summed E-state index contributed by atoms with van der Waals surface area (Å²) in [5.41, 5.74) is 9.23. The number of nitrogens with two attached hydrogens (primary N) is 1. The molecule has 3 aromatic rings. The average molecular weight is 403 g/mol. The van der Waals surface area contributed by atoms with E-state index >= 15 is 0 Å². The Bertz CT molecular complexity index is 1060. The number of nitriles is 1. The molecule has 0 amide bonds. The second-order valence-corrected chi connectivity index (χ2v) is 7.42. The van der Waals surface area contributed by atoms with Crippen molar-refractivity contribution in [1.82, 2.24) is 9.78 Å². The molecule has 0 aliphatic heterocycles. The van der Waals surface area contributed by atoms with Gasteiger partial charge in [0.15, 0.2) is 0 Å². The van der Waals surface area contributed by atoms with Crippen LogP contribution in [0.25, 0.3) is 23.0 Å². The van der Waals surface area contributed by atoms with E-state index in [4.69, 9.17) is 27.8 Å². The van der Waals surface area contributed by atoms with Gasteiger partial charge in [-0.3, -0.25) is 0 Å². The summed E-state index contributed by atoms with van der Waals surface area (Å²) in [7, 11) is 0. The Labute approximate surface area is 176 Å². The number of hydrogen-bond donors (Lipinski definition) is 1. The highest BCUT2D eigenvalue weighted by Gasteiger charge is 2.13. The van der Waals surface area contributed by atoms with Crippen molar-refractivity contribution in [3.8, 4) is 28.8 Å². The summed E-state index contributed by atoms with van der Waals surface area (Å²) < 4.78 is 7.54. The van der Waals surface area contributed by atoms with Crippen LogP contribution in [0.5, 0.6) is 5.75 Å². The van der Waals surface area contributed by atoms with E-state index in [1.165, 1.54) is 0 Å². The predicted octanol–water partition coefficient (Wildman–Crippen LogP) is 4.77. The van der Waals surface area contributed by atoms with Crippen LogP contribution in [0, 0.1) is 17.2 Å². The van der Waals surface area contributed by atoms with Gasteiger partial charge in [0.1, 0.15) is 16.8 Å². The molecule has 146 valence electrons. The lowest BCUT2D eigenvalue weighted by molar-refractivity contribution is 0.271. The van der Waals surface area contributed by atoms with Crippen LogP contribution < -0.4 is 10.5 Å². The molecule has 29 heavy (non-hydrogen) atoms. The van der Waals surface area contributed by atoms with Crippen LogP contribution >= 0.6 is 12.2 Å². The van der Waals surface area contributed by atoms with E-state index in [9.17, 15) is 5.26 Å². The zero-order chi connectivity index (χ0) is 20.8. The maximum atomic E-state index is 9.35. The van der Waals surface area contributed by atoms with Crippen LogP contribution in [-0.4, -0.2) is 21.4 Å². The SMILES string of the molecule is CC(C)COc1ccc(-c2nn(-c3ccccc3)cc2C=C(C#N)C(N)=S)cc1. The minimum absolute atomic E-state index is 0.0587. The van der Waals surface area contributed by atoms with Gasteiger partial charge >= 0.3 is 0 Å². The minimum atomic E-state index is 0.0587. The summed E-state index contributed by atoms with van der Waals surface area (Å²) in [5.74, 6) is 1.26. The zero-order valence-electron chi connectivity index (χ0n) is 16.4. The zero-order valence-corrected chi connectivity index (χ0v) is 17.2. The smallest absolute Gasteiger partial charge is 0.119 e. The second-order valence-electron chi connectivity index (χ2n) is 6.98. The molecule has 0 aliphatic rings. The molecule has 6 heteroatoms. The van der Waals surface area contributed by atoms with Crippen molar-refractivity contribution in [2.24, 2.45) is 11.7 Å². The van der Waals surface area contributed by atoms with Gasteiger partial charge in [0.2, 0.25) is 0 Å². The number of benzene rings is 2. The van der Waals surface area contributed by atoms with Crippen molar-refractivity contribution in [2.75, 3.05) is 6.61 Å². The lowest BCUT2D eigenvalue weighted by Gasteiger charge is -2.09. The first kappa shape index (κ1) is 20.3. The van der Waals surface area contributed by atoms with E-state index in [0.29, 0.717) is 12.5 Å². The van der Waals surface area contributed by atoms with Gasteiger partial charge in [0, 0.05) is 17.3 Å². The van der Waals surface area contributed by atoms with Crippen LogP contribution in [0.15, 0.2) is 66.4 Å². The number of aromatic nitrogens is 2. The lowest BCUT2D eigenvalue weighted by atomic mass is 10.1. The second kappa shape index (κ2) is 9.18. The van der Waals surface area contributed by atoms with E-state index in [0.717, 1.165) is 28.3 Å². The Hall–Kier alpha value is -3.43. The van der Waals surface area contributed by atoms with Gasteiger partial charge < -0.3 is 10.5 Å². The van der Waals surface area contributed by atoms with Crippen LogP contribution in [-0.2, 0) is 0 Å². The van der Waals surface area contributed by atoms with Gasteiger partial charge in [-0.1, -0.05) is 44.3 Å². The number of para-hydroxylation sites is 1. The maximum absolute atomic E-state index is 9.35. The van der Waals surface area contributed by atoms with Crippen molar-refractivity contribution in [1.29, 1.82) is 5.26 Å². The molecule has 5 nitrogen and oxygen atoms in total. The fraction of sp³-hybridized carbons (Fsp3) is 0.174. The number of thiocarbonyl (C=S) groups is 1. The van der Waals surface area contributed by atoms with E-state index in [-0.39, 0.29) is 10.6 Å². The predicted molar refractivity (Wildman–Crippen MR) is 120 cm³/mol. The number of nitrogens with zero attached hydrogens (tertiary/aromatic N) is 3. The summed E-state index contributed by atoms with van der Waals surface area (Å²) in [6.07, 6.45) is 3.54. The molecule has 0 bridgehead atoms. The van der Waals surface area contributed by atoms with E-state index in [2.05, 4.69) is 19.9 Å². The molecule has 0 fully saturated rings. The van der Waals surface area contributed by atoms with Crippen LogP contribution in [0.3, 0.4) is 0 Å². The monoisotopic (exact) mass is 402 g/mol. The van der Waals surface area contributed by atoms with Gasteiger partial charge in [-0.2, -0.15) is 10.4 Å². The molecule has 2 N–H and O–H groups in total. The summed E-state index contributed by atoms with van der Waals surface area (Å²) >= 11 is 4.99. The highest BCUT2D eigenvalue weighted by molar-refractivity contribution is 7.80. The van der Waals surface area contributed by atoms with Gasteiger partial charge in [0.25, 0.3) is 0 Å². The van der Waals surface area contributed by atoms with Crippen molar-refractivity contribution in [3.63, 3.8) is 0 Å². The van der Waals surface area contributed by atoms with Gasteiger partial charge in [-0.05, 0) is 48.4 Å². The minimum Gasteiger partial charge on any atom is -0.493 e. The largest absolute Gasteiger partial charge is 0.493 e. The van der Waals surface area contributed by atoms with Gasteiger partial charge in [-0.25, -0.2) is 4.68 Å². The Morgan fingerprint density at radius 1 is 1.21 bits per heavy atom. The molecule has 0 unspecified atom stereocenters.